The minimum absolute atomic E-state index is 0.0625. The van der Waals surface area contributed by atoms with Gasteiger partial charge in [-0.15, -0.1) is 0 Å². The zero-order valence-corrected chi connectivity index (χ0v) is 15.0. The lowest BCUT2D eigenvalue weighted by molar-refractivity contribution is 0.105. The zero-order chi connectivity index (χ0) is 19.9. The maximum absolute atomic E-state index is 13.1. The highest BCUT2D eigenvalue weighted by Gasteiger charge is 2.20. The minimum atomic E-state index is -0.268. The maximum atomic E-state index is 13.1. The lowest BCUT2D eigenvalue weighted by atomic mass is 10.0. The van der Waals surface area contributed by atoms with Crippen molar-refractivity contribution in [3.05, 3.63) is 95.9 Å². The van der Waals surface area contributed by atoms with Crippen LogP contribution in [0.1, 0.15) is 16.1 Å². The predicted molar refractivity (Wildman–Crippen MR) is 102 cm³/mol. The summed E-state index contributed by atoms with van der Waals surface area (Å²) < 4.78 is 10.6. The van der Waals surface area contributed by atoms with Gasteiger partial charge < -0.3 is 14.1 Å². The van der Waals surface area contributed by atoms with E-state index in [2.05, 4.69) is 0 Å². The van der Waals surface area contributed by atoms with Crippen molar-refractivity contribution in [2.24, 2.45) is 0 Å². The second-order valence-electron chi connectivity index (χ2n) is 5.67. The number of nitriles is 2. The molecule has 0 saturated heterocycles. The van der Waals surface area contributed by atoms with Gasteiger partial charge in [-0.25, -0.2) is 0 Å². The van der Waals surface area contributed by atoms with E-state index in [1.807, 2.05) is 12.1 Å². The van der Waals surface area contributed by atoms with Crippen LogP contribution in [0.5, 0.6) is 5.75 Å². The average Bonchev–Trinajstić information content (AvgIpc) is 3.28. The largest absolute Gasteiger partial charge is 0.497 e. The van der Waals surface area contributed by atoms with Gasteiger partial charge in [0.25, 0.3) is 0 Å². The van der Waals surface area contributed by atoms with E-state index < -0.39 is 0 Å². The van der Waals surface area contributed by atoms with Gasteiger partial charge in [-0.05, 0) is 48.6 Å². The summed E-state index contributed by atoms with van der Waals surface area (Å²) in [4.78, 5) is 14.7. The van der Waals surface area contributed by atoms with Gasteiger partial charge in [0.05, 0.1) is 24.6 Å². The van der Waals surface area contributed by atoms with Crippen LogP contribution in [-0.2, 0) is 0 Å². The average molecular weight is 369 g/mol. The van der Waals surface area contributed by atoms with Gasteiger partial charge in [-0.3, -0.25) is 4.79 Å². The summed E-state index contributed by atoms with van der Waals surface area (Å²) in [5.41, 5.74) is 1.04. The number of benzene rings is 1. The van der Waals surface area contributed by atoms with E-state index in [0.717, 1.165) is 0 Å². The van der Waals surface area contributed by atoms with E-state index in [4.69, 9.17) is 9.15 Å². The fourth-order valence-corrected chi connectivity index (χ4v) is 2.62. The number of ketones is 1. The number of hydrogen-bond acceptors (Lipinski definition) is 6. The molecule has 1 aromatic heterocycles. The van der Waals surface area contributed by atoms with Crippen LogP contribution in [0.25, 0.3) is 5.57 Å². The first kappa shape index (κ1) is 18.5. The van der Waals surface area contributed by atoms with E-state index in [1.54, 1.807) is 79.0 Å². The summed E-state index contributed by atoms with van der Waals surface area (Å²) in [6.07, 6.45) is 9.78. The second kappa shape index (κ2) is 8.39. The first-order valence-corrected chi connectivity index (χ1v) is 8.30. The van der Waals surface area contributed by atoms with Gasteiger partial charge in [0.15, 0.2) is 11.4 Å². The molecule has 0 unspecified atom stereocenters. The third-order valence-electron chi connectivity index (χ3n) is 4.02. The number of carbonyl (C=O) groups excluding carboxylic acids is 1. The van der Waals surface area contributed by atoms with Gasteiger partial charge in [-0.1, -0.05) is 6.08 Å². The summed E-state index contributed by atoms with van der Waals surface area (Å²) >= 11 is 0. The number of allylic oxidation sites excluding steroid dienone is 5. The van der Waals surface area contributed by atoms with Gasteiger partial charge in [0, 0.05) is 18.0 Å². The molecule has 1 aromatic carbocycles. The Balaban J connectivity index is 2.08. The Kier molecular flexibility index (Phi) is 5.55. The Labute approximate surface area is 162 Å². The normalized spacial score (nSPS) is 13.0. The van der Waals surface area contributed by atoms with Crippen molar-refractivity contribution in [3.8, 4) is 17.9 Å². The number of carbonyl (C=O) groups is 1. The van der Waals surface area contributed by atoms with Gasteiger partial charge in [0.1, 0.15) is 23.6 Å². The molecule has 6 nitrogen and oxygen atoms in total. The van der Waals surface area contributed by atoms with E-state index in [9.17, 15) is 15.3 Å². The van der Waals surface area contributed by atoms with Crippen LogP contribution in [0.3, 0.4) is 0 Å². The van der Waals surface area contributed by atoms with Crippen molar-refractivity contribution in [3.63, 3.8) is 0 Å². The first-order chi connectivity index (χ1) is 13.7. The molecule has 3 rings (SSSR count). The molecule has 0 fully saturated rings. The molecule has 0 N–H and O–H groups in total. The van der Waals surface area contributed by atoms with Crippen LogP contribution in [0, 0.1) is 22.7 Å². The molecule has 0 atom stereocenters. The molecule has 1 aliphatic rings. The standard InChI is InChI=1S/C22H15N3O3/c1-27-18-9-7-16(8-10-18)22(26)19(21-6-4-12-28-21)15-25-11-3-2-5-20(25)17(13-23)14-24/h2-12,15H,1H3/b19-15+. The third-order valence-corrected chi connectivity index (χ3v) is 4.02. The van der Waals surface area contributed by atoms with E-state index in [-0.39, 0.29) is 16.9 Å². The summed E-state index contributed by atoms with van der Waals surface area (Å²) in [7, 11) is 1.55. The summed E-state index contributed by atoms with van der Waals surface area (Å²) in [6.45, 7) is 0. The monoisotopic (exact) mass is 369 g/mol. The Hall–Kier alpha value is -4.29. The number of methoxy groups -OCH3 is 1. The Morgan fingerprint density at radius 3 is 2.50 bits per heavy atom. The lowest BCUT2D eigenvalue weighted by Gasteiger charge is -2.20. The molecule has 28 heavy (non-hydrogen) atoms. The third kappa shape index (κ3) is 3.77. The molecule has 136 valence electrons. The van der Waals surface area contributed by atoms with Crippen LogP contribution in [0.2, 0.25) is 0 Å². The van der Waals surface area contributed by atoms with E-state index in [1.165, 1.54) is 6.26 Å². The van der Waals surface area contributed by atoms with Crippen LogP contribution >= 0.6 is 0 Å². The van der Waals surface area contributed by atoms with Crippen molar-refractivity contribution in [2.45, 2.75) is 0 Å². The Bertz CT molecular complexity index is 1060. The quantitative estimate of drug-likeness (QED) is 0.446. The highest BCUT2D eigenvalue weighted by atomic mass is 16.5. The Morgan fingerprint density at radius 1 is 1.14 bits per heavy atom. The maximum Gasteiger partial charge on any atom is 0.198 e. The number of nitrogens with zero attached hydrogens (tertiary/aromatic N) is 3. The molecular weight excluding hydrogens is 354 g/mol. The molecule has 0 saturated carbocycles. The second-order valence-corrected chi connectivity index (χ2v) is 5.67. The molecule has 0 aliphatic carbocycles. The van der Waals surface area contributed by atoms with Crippen LogP contribution < -0.4 is 4.74 Å². The molecule has 6 heteroatoms. The summed E-state index contributed by atoms with van der Waals surface area (Å²) in [5.74, 6) is 0.746. The van der Waals surface area contributed by atoms with Gasteiger partial charge in [0.2, 0.25) is 0 Å². The molecular formula is C22H15N3O3. The minimum Gasteiger partial charge on any atom is -0.497 e. The van der Waals surface area contributed by atoms with Crippen LogP contribution in [0.15, 0.2) is 89.0 Å². The van der Waals surface area contributed by atoms with Crippen molar-refractivity contribution in [1.29, 1.82) is 10.5 Å². The molecule has 1 aliphatic heterocycles. The first-order valence-electron chi connectivity index (χ1n) is 8.30. The Morgan fingerprint density at radius 2 is 1.89 bits per heavy atom. The molecule has 0 bridgehead atoms. The highest BCUT2D eigenvalue weighted by Crippen LogP contribution is 2.26. The molecule has 0 radical (unpaired) electrons. The van der Waals surface area contributed by atoms with Crippen molar-refractivity contribution >= 4 is 11.4 Å². The summed E-state index contributed by atoms with van der Waals surface area (Å²) in [5, 5.41) is 18.4. The lowest BCUT2D eigenvalue weighted by Crippen LogP contribution is -2.15. The predicted octanol–water partition coefficient (Wildman–Crippen LogP) is 4.20. The topological polar surface area (TPSA) is 90.3 Å². The SMILES string of the molecule is COc1ccc(C(=O)/C(=C/N2C=CC=CC2=C(C#N)C#N)c2ccco2)cc1. The van der Waals surface area contributed by atoms with E-state index >= 15 is 0 Å². The fourth-order valence-electron chi connectivity index (χ4n) is 2.62. The van der Waals surface area contributed by atoms with Crippen LogP contribution in [-0.4, -0.2) is 17.8 Å². The highest BCUT2D eigenvalue weighted by molar-refractivity contribution is 6.28. The molecule has 0 amide bonds. The number of Topliss-reactive ketones (excluding diaryl/α,β-unsaturated/α-hetero) is 1. The molecule has 0 spiro atoms. The van der Waals surface area contributed by atoms with Gasteiger partial charge >= 0.3 is 0 Å². The number of ether oxygens (including phenoxy) is 1. The van der Waals surface area contributed by atoms with Crippen molar-refractivity contribution < 1.29 is 13.9 Å². The zero-order valence-electron chi connectivity index (χ0n) is 15.0. The number of hydrogen-bond donors (Lipinski definition) is 0. The smallest absolute Gasteiger partial charge is 0.198 e. The molecule has 2 aromatic rings. The van der Waals surface area contributed by atoms with Crippen molar-refractivity contribution in [1.82, 2.24) is 4.90 Å². The number of rotatable bonds is 5. The summed E-state index contributed by atoms with van der Waals surface area (Å²) in [6, 6.07) is 13.8. The van der Waals surface area contributed by atoms with E-state index in [0.29, 0.717) is 22.8 Å². The van der Waals surface area contributed by atoms with Crippen LogP contribution in [0.4, 0.5) is 0 Å². The van der Waals surface area contributed by atoms with Crippen molar-refractivity contribution in [2.75, 3.05) is 7.11 Å². The number of furan rings is 1. The fraction of sp³-hybridized carbons (Fsp3) is 0.0455. The molecule has 2 heterocycles. The van der Waals surface area contributed by atoms with Gasteiger partial charge in [-0.2, -0.15) is 10.5 Å².